The molecule has 1 aliphatic heterocycles. The number of allylic oxidation sites excluding steroid dienone is 3. The number of benzene rings is 1. The number of nitrogens with one attached hydrogen (secondary N) is 1. The number of hydrogen-bond donors (Lipinski definition) is 2. The van der Waals surface area contributed by atoms with Crippen LogP contribution in [0.25, 0.3) is 0 Å². The molecule has 1 atom stereocenters. The van der Waals surface area contributed by atoms with Gasteiger partial charge in [-0.15, -0.1) is 12.6 Å². The van der Waals surface area contributed by atoms with Gasteiger partial charge in [0.25, 0.3) is 5.70 Å². The van der Waals surface area contributed by atoms with Crippen LogP contribution < -0.4 is 5.32 Å². The minimum atomic E-state index is -0.828. The molecule has 0 spiro atoms. The fourth-order valence-electron chi connectivity index (χ4n) is 2.82. The monoisotopic (exact) mass is 334 g/mol. The summed E-state index contributed by atoms with van der Waals surface area (Å²) in [5.74, 6) is -1.42. The highest BCUT2D eigenvalue weighted by Gasteiger charge is 2.41. The number of carbonyl (C=O) groups is 1. The number of nitro groups is 1. The first-order chi connectivity index (χ1) is 10.8. The lowest BCUT2D eigenvalue weighted by molar-refractivity contribution is -0.431. The zero-order valence-electron chi connectivity index (χ0n) is 13.3. The van der Waals surface area contributed by atoms with Crippen LogP contribution in [0.3, 0.4) is 0 Å². The largest absolute Gasteiger partial charge is 0.466 e. The molecule has 0 bridgehead atoms. The van der Waals surface area contributed by atoms with Gasteiger partial charge in [-0.05, 0) is 31.9 Å². The van der Waals surface area contributed by atoms with Crippen LogP contribution >= 0.6 is 12.6 Å². The van der Waals surface area contributed by atoms with Crippen LogP contribution in [0.1, 0.15) is 30.9 Å². The molecule has 23 heavy (non-hydrogen) atoms. The number of rotatable bonds is 3. The second-order valence-electron chi connectivity index (χ2n) is 5.37. The number of hydrogen-bond acceptors (Lipinski definition) is 6. The minimum Gasteiger partial charge on any atom is -0.466 e. The van der Waals surface area contributed by atoms with E-state index >= 15 is 0 Å². The summed E-state index contributed by atoms with van der Waals surface area (Å²) in [6.45, 7) is 5.19. The highest BCUT2D eigenvalue weighted by atomic mass is 32.1. The lowest BCUT2D eigenvalue weighted by Gasteiger charge is -2.27. The molecule has 0 aromatic heterocycles. The molecule has 0 radical (unpaired) electrons. The summed E-state index contributed by atoms with van der Waals surface area (Å²) in [5.41, 5.74) is 2.59. The molecule has 0 aliphatic carbocycles. The molecular formula is C16H18N2O4S. The average Bonchev–Trinajstić information content (AvgIpc) is 2.48. The molecule has 1 heterocycles. The maximum atomic E-state index is 12.2. The number of esters is 1. The van der Waals surface area contributed by atoms with E-state index in [9.17, 15) is 14.9 Å². The van der Waals surface area contributed by atoms with Crippen molar-refractivity contribution in [3.8, 4) is 0 Å². The topological polar surface area (TPSA) is 81.5 Å². The van der Waals surface area contributed by atoms with E-state index in [-0.39, 0.29) is 11.3 Å². The molecule has 6 nitrogen and oxygen atoms in total. The number of nitrogens with zero attached hydrogens (tertiary/aromatic N) is 1. The highest BCUT2D eigenvalue weighted by molar-refractivity contribution is 7.80. The third kappa shape index (κ3) is 2.96. The predicted molar refractivity (Wildman–Crippen MR) is 88.7 cm³/mol. The van der Waals surface area contributed by atoms with E-state index in [0.717, 1.165) is 5.56 Å². The maximum Gasteiger partial charge on any atom is 0.336 e. The van der Waals surface area contributed by atoms with Crippen molar-refractivity contribution in [2.75, 3.05) is 7.11 Å². The standard InChI is InChI=1S/C16H18N2O4S/c1-8-6-5-7-11(15(8)23)13-12(16(19)22-4)9(2)17-10(3)14(13)18(20)21/h5-7,13,17,23H,1-4H3. The first kappa shape index (κ1) is 17.1. The van der Waals surface area contributed by atoms with Crippen molar-refractivity contribution in [1.29, 1.82) is 0 Å². The quantitative estimate of drug-likeness (QED) is 0.384. The Labute approximate surface area is 139 Å². The summed E-state index contributed by atoms with van der Waals surface area (Å²) in [4.78, 5) is 24.0. The Hall–Kier alpha value is -2.28. The summed E-state index contributed by atoms with van der Waals surface area (Å²) in [6.07, 6.45) is 0. The van der Waals surface area contributed by atoms with Gasteiger partial charge < -0.3 is 10.1 Å². The van der Waals surface area contributed by atoms with Gasteiger partial charge in [0.05, 0.1) is 23.3 Å². The van der Waals surface area contributed by atoms with E-state index in [1.54, 1.807) is 26.0 Å². The van der Waals surface area contributed by atoms with Crippen LogP contribution in [0.4, 0.5) is 0 Å². The van der Waals surface area contributed by atoms with Crippen molar-refractivity contribution in [2.24, 2.45) is 0 Å². The summed E-state index contributed by atoms with van der Waals surface area (Å²) in [7, 11) is 1.26. The Morgan fingerprint density at radius 3 is 2.52 bits per heavy atom. The first-order valence-corrected chi connectivity index (χ1v) is 7.44. The minimum absolute atomic E-state index is 0.0723. The lowest BCUT2D eigenvalue weighted by Crippen LogP contribution is -2.31. The van der Waals surface area contributed by atoms with Crippen molar-refractivity contribution in [1.82, 2.24) is 5.32 Å². The zero-order chi connectivity index (χ0) is 17.3. The Balaban J connectivity index is 2.77. The van der Waals surface area contributed by atoms with Crippen LogP contribution in [-0.2, 0) is 9.53 Å². The van der Waals surface area contributed by atoms with Gasteiger partial charge in [0.1, 0.15) is 5.92 Å². The third-order valence-electron chi connectivity index (χ3n) is 3.91. The fourth-order valence-corrected chi connectivity index (χ4v) is 3.10. The molecule has 122 valence electrons. The zero-order valence-corrected chi connectivity index (χ0v) is 14.2. The van der Waals surface area contributed by atoms with Gasteiger partial charge >= 0.3 is 5.97 Å². The van der Waals surface area contributed by atoms with Crippen molar-refractivity contribution in [3.63, 3.8) is 0 Å². The molecule has 7 heteroatoms. The second-order valence-corrected chi connectivity index (χ2v) is 5.82. The van der Waals surface area contributed by atoms with Gasteiger partial charge in [0, 0.05) is 10.6 Å². The van der Waals surface area contributed by atoms with Gasteiger partial charge in [-0.25, -0.2) is 4.79 Å². The van der Waals surface area contributed by atoms with Gasteiger partial charge in [-0.3, -0.25) is 10.1 Å². The molecule has 2 rings (SSSR count). The van der Waals surface area contributed by atoms with Crippen LogP contribution in [0.2, 0.25) is 0 Å². The molecule has 0 saturated carbocycles. The van der Waals surface area contributed by atoms with Gasteiger partial charge in [0.2, 0.25) is 0 Å². The number of dihydropyridines is 1. The smallest absolute Gasteiger partial charge is 0.336 e. The molecule has 1 aromatic carbocycles. The molecule has 1 N–H and O–H groups in total. The van der Waals surface area contributed by atoms with Crippen LogP contribution in [-0.4, -0.2) is 18.0 Å². The van der Waals surface area contributed by atoms with E-state index in [1.807, 2.05) is 13.0 Å². The van der Waals surface area contributed by atoms with Crippen LogP contribution in [0.5, 0.6) is 0 Å². The predicted octanol–water partition coefficient (Wildman–Crippen LogP) is 2.93. The fraction of sp³-hybridized carbons (Fsp3) is 0.312. The number of thiol groups is 1. The van der Waals surface area contributed by atoms with E-state index in [4.69, 9.17) is 4.74 Å². The van der Waals surface area contributed by atoms with Gasteiger partial charge in [0.15, 0.2) is 0 Å². The molecular weight excluding hydrogens is 316 g/mol. The number of ether oxygens (including phenoxy) is 1. The van der Waals surface area contributed by atoms with Crippen LogP contribution in [0.15, 0.2) is 45.8 Å². The van der Waals surface area contributed by atoms with E-state index in [1.165, 1.54) is 7.11 Å². The summed E-state index contributed by atoms with van der Waals surface area (Å²) in [6, 6.07) is 5.41. The maximum absolute atomic E-state index is 12.2. The summed E-state index contributed by atoms with van der Waals surface area (Å²) >= 11 is 4.49. The lowest BCUT2D eigenvalue weighted by atomic mass is 9.83. The van der Waals surface area contributed by atoms with Crippen molar-refractivity contribution in [3.05, 3.63) is 62.1 Å². The van der Waals surface area contributed by atoms with E-state index in [0.29, 0.717) is 21.9 Å². The molecule has 0 amide bonds. The molecule has 1 aliphatic rings. The Morgan fingerprint density at radius 1 is 1.30 bits per heavy atom. The van der Waals surface area contributed by atoms with Gasteiger partial charge in [-0.1, -0.05) is 18.2 Å². The highest BCUT2D eigenvalue weighted by Crippen LogP contribution is 2.41. The number of methoxy groups -OCH3 is 1. The van der Waals surface area contributed by atoms with Crippen molar-refractivity contribution in [2.45, 2.75) is 31.6 Å². The Kier molecular flexibility index (Phi) is 4.79. The first-order valence-electron chi connectivity index (χ1n) is 6.99. The molecule has 0 saturated heterocycles. The number of carbonyl (C=O) groups excluding carboxylic acids is 1. The molecule has 1 aromatic rings. The van der Waals surface area contributed by atoms with Crippen LogP contribution in [0, 0.1) is 17.0 Å². The van der Waals surface area contributed by atoms with Crippen molar-refractivity contribution >= 4 is 18.6 Å². The molecule has 1 unspecified atom stereocenters. The van der Waals surface area contributed by atoms with E-state index in [2.05, 4.69) is 17.9 Å². The third-order valence-corrected chi connectivity index (χ3v) is 4.52. The van der Waals surface area contributed by atoms with Crippen molar-refractivity contribution < 1.29 is 14.5 Å². The molecule has 0 fully saturated rings. The summed E-state index contributed by atoms with van der Waals surface area (Å²) in [5, 5.41) is 14.5. The van der Waals surface area contributed by atoms with Gasteiger partial charge in [-0.2, -0.15) is 0 Å². The number of aryl methyl sites for hydroxylation is 1. The average molecular weight is 334 g/mol. The SMILES string of the molecule is COC(=O)C1=C(C)NC(C)=C([N+](=O)[O-])C1c1cccc(C)c1S. The second kappa shape index (κ2) is 6.45. The normalized spacial score (nSPS) is 17.9. The Morgan fingerprint density at radius 2 is 1.96 bits per heavy atom. The Bertz CT molecular complexity index is 752. The van der Waals surface area contributed by atoms with E-state index < -0.39 is 16.8 Å². The summed E-state index contributed by atoms with van der Waals surface area (Å²) < 4.78 is 4.84.